The van der Waals surface area contributed by atoms with Crippen molar-refractivity contribution in [3.8, 4) is 0 Å². The summed E-state index contributed by atoms with van der Waals surface area (Å²) in [6.45, 7) is 0.828. The number of aryl methyl sites for hydroxylation is 1. The molecule has 0 saturated heterocycles. The average Bonchev–Trinajstić information content (AvgIpc) is 2.39. The van der Waals surface area contributed by atoms with Gasteiger partial charge >= 0.3 is 8.25 Å². The van der Waals surface area contributed by atoms with Crippen LogP contribution in [-0.2, 0) is 20.0 Å². The lowest BCUT2D eigenvalue weighted by atomic mass is 10.3. The fourth-order valence-corrected chi connectivity index (χ4v) is 1.79. The lowest BCUT2D eigenvalue weighted by molar-refractivity contribution is 0.261. The van der Waals surface area contributed by atoms with Crippen LogP contribution in [0.4, 0.5) is 5.95 Å². The van der Waals surface area contributed by atoms with Gasteiger partial charge in [-0.25, -0.2) is 9.97 Å². The van der Waals surface area contributed by atoms with Gasteiger partial charge in [0.15, 0.2) is 0 Å². The zero-order chi connectivity index (χ0) is 13.4. The number of hydrogen-bond donors (Lipinski definition) is 1. The third kappa shape index (κ3) is 5.27. The highest BCUT2D eigenvalue weighted by Crippen LogP contribution is 2.21. The molecule has 0 saturated carbocycles. The standard InChI is InChI=1S/C10H16N3O3PS/c1-13(6-7-16-17(14)15-2)10-11-5-3-9(12-10)4-8-18/h3,5H,4,6-8H2,1-2H3/p+1. The molecule has 1 atom stereocenters. The Kier molecular flexibility index (Phi) is 7.12. The monoisotopic (exact) mass is 290 g/mol. The number of likely N-dealkylation sites (N-methyl/N-ethyl adjacent to an activating group) is 1. The number of anilines is 1. The second-order valence-corrected chi connectivity index (χ2v) is 5.00. The molecule has 0 aliphatic heterocycles. The van der Waals surface area contributed by atoms with Gasteiger partial charge in [0, 0.05) is 30.0 Å². The summed E-state index contributed by atoms with van der Waals surface area (Å²) in [4.78, 5) is 10.4. The highest BCUT2D eigenvalue weighted by Gasteiger charge is 2.17. The van der Waals surface area contributed by atoms with E-state index in [9.17, 15) is 4.57 Å². The van der Waals surface area contributed by atoms with E-state index in [1.54, 1.807) is 6.20 Å². The van der Waals surface area contributed by atoms with Crippen molar-refractivity contribution < 1.29 is 13.6 Å². The molecule has 18 heavy (non-hydrogen) atoms. The van der Waals surface area contributed by atoms with Crippen LogP contribution < -0.4 is 4.90 Å². The van der Waals surface area contributed by atoms with E-state index in [1.165, 1.54) is 7.11 Å². The van der Waals surface area contributed by atoms with Crippen molar-refractivity contribution in [2.24, 2.45) is 0 Å². The highest BCUT2D eigenvalue weighted by atomic mass is 32.1. The topological polar surface area (TPSA) is 64.6 Å². The maximum Gasteiger partial charge on any atom is 0.697 e. The van der Waals surface area contributed by atoms with Gasteiger partial charge in [0.2, 0.25) is 5.95 Å². The molecule has 0 spiro atoms. The molecule has 0 radical (unpaired) electrons. The van der Waals surface area contributed by atoms with Crippen molar-refractivity contribution >= 4 is 26.8 Å². The Morgan fingerprint density at radius 1 is 1.56 bits per heavy atom. The molecule has 0 bridgehead atoms. The Morgan fingerprint density at radius 3 is 3.00 bits per heavy atom. The Hall–Kier alpha value is -0.750. The lowest BCUT2D eigenvalue weighted by Crippen LogP contribution is -2.24. The summed E-state index contributed by atoms with van der Waals surface area (Å²) in [6, 6.07) is 1.87. The molecule has 0 aromatic carbocycles. The first-order valence-corrected chi connectivity index (χ1v) is 7.18. The van der Waals surface area contributed by atoms with Gasteiger partial charge in [-0.3, -0.25) is 0 Å². The normalized spacial score (nSPS) is 11.4. The molecule has 100 valence electrons. The molecular formula is C10H17N3O3PS+. The summed E-state index contributed by atoms with van der Waals surface area (Å²) >= 11 is 4.17. The molecule has 0 aliphatic rings. The second kappa shape index (κ2) is 8.37. The van der Waals surface area contributed by atoms with E-state index in [-0.39, 0.29) is 0 Å². The van der Waals surface area contributed by atoms with Crippen LogP contribution in [0.25, 0.3) is 0 Å². The lowest BCUT2D eigenvalue weighted by Gasteiger charge is -2.15. The third-order valence-corrected chi connectivity index (χ3v) is 3.10. The summed E-state index contributed by atoms with van der Waals surface area (Å²) in [5.74, 6) is 1.36. The summed E-state index contributed by atoms with van der Waals surface area (Å²) in [5.41, 5.74) is 0.950. The van der Waals surface area contributed by atoms with Crippen molar-refractivity contribution in [1.82, 2.24) is 9.97 Å². The first-order valence-electron chi connectivity index (χ1n) is 5.45. The maximum absolute atomic E-state index is 10.9. The minimum absolute atomic E-state index is 0.291. The maximum atomic E-state index is 10.9. The largest absolute Gasteiger partial charge is 0.697 e. The van der Waals surface area contributed by atoms with Crippen LogP contribution in [0.3, 0.4) is 0 Å². The van der Waals surface area contributed by atoms with Crippen LogP contribution in [0.15, 0.2) is 12.3 Å². The molecule has 0 aliphatic carbocycles. The van der Waals surface area contributed by atoms with E-state index in [0.717, 1.165) is 17.9 Å². The fourth-order valence-electron chi connectivity index (χ4n) is 1.23. The van der Waals surface area contributed by atoms with E-state index >= 15 is 0 Å². The molecular weight excluding hydrogens is 273 g/mol. The van der Waals surface area contributed by atoms with Gasteiger partial charge in [-0.2, -0.15) is 12.6 Å². The molecule has 0 N–H and O–H groups in total. The fraction of sp³-hybridized carbons (Fsp3) is 0.600. The first-order chi connectivity index (χ1) is 8.67. The molecule has 1 unspecified atom stereocenters. The summed E-state index contributed by atoms with van der Waals surface area (Å²) in [7, 11) is 1.17. The number of nitrogens with zero attached hydrogens (tertiary/aromatic N) is 3. The first kappa shape index (κ1) is 15.3. The summed E-state index contributed by atoms with van der Waals surface area (Å²) in [5, 5.41) is 0. The van der Waals surface area contributed by atoms with Gasteiger partial charge in [-0.05, 0) is 18.2 Å². The third-order valence-electron chi connectivity index (χ3n) is 2.18. The zero-order valence-electron chi connectivity index (χ0n) is 10.4. The van der Waals surface area contributed by atoms with Gasteiger partial charge in [0.05, 0.1) is 7.11 Å². The molecule has 1 rings (SSSR count). The average molecular weight is 290 g/mol. The van der Waals surface area contributed by atoms with Crippen LogP contribution in [0.5, 0.6) is 0 Å². The van der Waals surface area contributed by atoms with Gasteiger partial charge in [-0.1, -0.05) is 0 Å². The Morgan fingerprint density at radius 2 is 2.33 bits per heavy atom. The molecule has 1 aromatic rings. The van der Waals surface area contributed by atoms with Crippen LogP contribution >= 0.6 is 20.9 Å². The predicted molar refractivity (Wildman–Crippen MR) is 73.4 cm³/mol. The van der Waals surface area contributed by atoms with Crippen molar-refractivity contribution in [3.63, 3.8) is 0 Å². The van der Waals surface area contributed by atoms with Crippen molar-refractivity contribution in [2.75, 3.05) is 38.0 Å². The molecule has 1 heterocycles. The summed E-state index contributed by atoms with van der Waals surface area (Å²) < 4.78 is 20.4. The molecule has 0 fully saturated rings. The predicted octanol–water partition coefficient (Wildman–Crippen LogP) is 1.71. The minimum Gasteiger partial charge on any atom is -0.341 e. The second-order valence-electron chi connectivity index (χ2n) is 3.48. The van der Waals surface area contributed by atoms with Gasteiger partial charge in [-0.15, -0.1) is 9.05 Å². The van der Waals surface area contributed by atoms with Crippen molar-refractivity contribution in [3.05, 3.63) is 18.0 Å². The smallest absolute Gasteiger partial charge is 0.341 e. The van der Waals surface area contributed by atoms with Crippen LogP contribution in [0.1, 0.15) is 5.69 Å². The quantitative estimate of drug-likeness (QED) is 0.581. The van der Waals surface area contributed by atoms with E-state index < -0.39 is 8.25 Å². The van der Waals surface area contributed by atoms with E-state index in [0.29, 0.717) is 19.1 Å². The molecule has 1 aromatic heterocycles. The SMILES string of the molecule is CO[P+](=O)OCCN(C)c1nccc(CCS)n1. The molecule has 0 amide bonds. The number of thiol groups is 1. The number of aromatic nitrogens is 2. The minimum atomic E-state index is -2.02. The van der Waals surface area contributed by atoms with Gasteiger partial charge < -0.3 is 4.90 Å². The van der Waals surface area contributed by atoms with Crippen LogP contribution in [0.2, 0.25) is 0 Å². The van der Waals surface area contributed by atoms with Crippen LogP contribution in [-0.4, -0.2) is 43.0 Å². The van der Waals surface area contributed by atoms with Gasteiger partial charge in [0.25, 0.3) is 0 Å². The van der Waals surface area contributed by atoms with E-state index in [1.807, 2.05) is 18.0 Å². The highest BCUT2D eigenvalue weighted by molar-refractivity contribution is 7.80. The Labute approximate surface area is 113 Å². The zero-order valence-corrected chi connectivity index (χ0v) is 12.2. The molecule has 8 heteroatoms. The number of hydrogen-bond acceptors (Lipinski definition) is 7. The summed E-state index contributed by atoms with van der Waals surface area (Å²) in [6.07, 6.45) is 2.52. The number of rotatable bonds is 8. The Bertz CT molecular complexity index is 394. The van der Waals surface area contributed by atoms with Crippen molar-refractivity contribution in [2.45, 2.75) is 6.42 Å². The van der Waals surface area contributed by atoms with Crippen LogP contribution in [0, 0.1) is 0 Å². The van der Waals surface area contributed by atoms with Crippen molar-refractivity contribution in [1.29, 1.82) is 0 Å². The molecule has 6 nitrogen and oxygen atoms in total. The van der Waals surface area contributed by atoms with Gasteiger partial charge in [0.1, 0.15) is 6.61 Å². The van der Waals surface area contributed by atoms with E-state index in [4.69, 9.17) is 4.52 Å². The Balaban J connectivity index is 2.47. The van der Waals surface area contributed by atoms with E-state index in [2.05, 4.69) is 27.1 Å².